The van der Waals surface area contributed by atoms with E-state index in [4.69, 9.17) is 21.4 Å². The highest BCUT2D eigenvalue weighted by Crippen LogP contribution is 2.64. The van der Waals surface area contributed by atoms with Crippen molar-refractivity contribution in [2.24, 2.45) is 17.8 Å². The van der Waals surface area contributed by atoms with Gasteiger partial charge < -0.3 is 14.8 Å². The Hall–Kier alpha value is -1.44. The van der Waals surface area contributed by atoms with Crippen LogP contribution in [0, 0.1) is 17.8 Å². The van der Waals surface area contributed by atoms with Gasteiger partial charge in [-0.3, -0.25) is 4.79 Å². The van der Waals surface area contributed by atoms with Crippen LogP contribution in [0.15, 0.2) is 28.0 Å². The Kier molecular flexibility index (Phi) is 4.29. The van der Waals surface area contributed by atoms with E-state index < -0.39 is 12.6 Å². The number of ether oxygens (including phenoxy) is 1. The van der Waals surface area contributed by atoms with Crippen LogP contribution in [0.1, 0.15) is 35.6 Å². The van der Waals surface area contributed by atoms with E-state index in [0.717, 1.165) is 15.5 Å². The second kappa shape index (κ2) is 6.57. The number of carboxylic acid groups (broad SMARTS) is 1. The summed E-state index contributed by atoms with van der Waals surface area (Å²) in [6.45, 7) is -0.396. The third kappa shape index (κ3) is 2.91. The summed E-state index contributed by atoms with van der Waals surface area (Å²) in [6, 6.07) is 5.36. The fraction of sp³-hybridized carbons (Fsp3) is 0.474. The van der Waals surface area contributed by atoms with Crippen molar-refractivity contribution in [2.45, 2.75) is 35.5 Å². The quantitative estimate of drug-likeness (QED) is 0.770. The van der Waals surface area contributed by atoms with Gasteiger partial charge in [-0.2, -0.15) is 0 Å². The lowest BCUT2D eigenvalue weighted by atomic mass is 9.74. The van der Waals surface area contributed by atoms with Crippen LogP contribution in [0.4, 0.5) is 0 Å². The van der Waals surface area contributed by atoms with Gasteiger partial charge in [-0.1, -0.05) is 22.9 Å². The number of thioether (sulfide) groups is 1. The highest BCUT2D eigenvalue weighted by Gasteiger charge is 2.55. The van der Waals surface area contributed by atoms with E-state index in [-0.39, 0.29) is 10.8 Å². The molecule has 8 heteroatoms. The summed E-state index contributed by atoms with van der Waals surface area (Å²) in [7, 11) is 0. The molecule has 0 saturated heterocycles. The number of halogens is 1. The standard InChI is InChI=1S/C19H18ClNO4S2/c20-10-3-4-12(25-7-13(22)23)11(6-10)15-14-8-1-2-9(5-8)16(14)26-18-17(15)27-19(24)21-18/h3-4,6,8-9,14-16H,1-2,5,7H2,(H,21,24)(H,22,23)/t8-,9-,14-,15-,16-/m0/s1. The van der Waals surface area contributed by atoms with E-state index in [9.17, 15) is 9.59 Å². The largest absolute Gasteiger partial charge is 0.482 e. The molecular weight excluding hydrogens is 406 g/mol. The number of hydrogen-bond donors (Lipinski definition) is 2. The molecule has 5 atom stereocenters. The van der Waals surface area contributed by atoms with Gasteiger partial charge in [0, 0.05) is 26.6 Å². The van der Waals surface area contributed by atoms with E-state index in [1.54, 1.807) is 12.1 Å². The minimum atomic E-state index is -1.01. The zero-order valence-corrected chi connectivity index (χ0v) is 16.7. The molecule has 2 N–H and O–H groups in total. The maximum absolute atomic E-state index is 12.1. The first kappa shape index (κ1) is 17.6. The fourth-order valence-electron chi connectivity index (χ4n) is 5.23. The summed E-state index contributed by atoms with van der Waals surface area (Å²) in [5.74, 6) is 1.30. The molecule has 1 aromatic carbocycles. The third-order valence-corrected chi connectivity index (χ3v) is 8.98. The van der Waals surface area contributed by atoms with Gasteiger partial charge in [0.25, 0.3) is 0 Å². The number of aliphatic carboxylic acids is 1. The second-order valence-electron chi connectivity index (χ2n) is 7.54. The molecule has 2 heterocycles. The van der Waals surface area contributed by atoms with Gasteiger partial charge in [0.05, 0.1) is 5.03 Å². The molecule has 2 aromatic rings. The average molecular weight is 424 g/mol. The average Bonchev–Trinajstić information content (AvgIpc) is 3.32. The Labute approximate surface area is 169 Å². The highest BCUT2D eigenvalue weighted by atomic mass is 35.5. The summed E-state index contributed by atoms with van der Waals surface area (Å²) >= 11 is 9.40. The smallest absolute Gasteiger partial charge is 0.341 e. The summed E-state index contributed by atoms with van der Waals surface area (Å²) in [6.07, 6.45) is 3.72. The van der Waals surface area contributed by atoms with Crippen LogP contribution in [-0.2, 0) is 4.79 Å². The molecule has 3 aliphatic rings. The number of carbonyl (C=O) groups is 1. The van der Waals surface area contributed by atoms with Gasteiger partial charge in [-0.15, -0.1) is 11.8 Å². The lowest BCUT2D eigenvalue weighted by Crippen LogP contribution is -2.34. The van der Waals surface area contributed by atoms with Crippen molar-refractivity contribution >= 4 is 40.7 Å². The van der Waals surface area contributed by atoms with E-state index >= 15 is 0 Å². The summed E-state index contributed by atoms with van der Waals surface area (Å²) in [5.41, 5.74) is 0.906. The summed E-state index contributed by atoms with van der Waals surface area (Å²) < 4.78 is 5.61. The number of benzene rings is 1. The highest BCUT2D eigenvalue weighted by molar-refractivity contribution is 8.00. The number of nitrogens with one attached hydrogen (secondary N) is 1. The van der Waals surface area contributed by atoms with Crippen LogP contribution < -0.4 is 9.61 Å². The molecule has 2 aliphatic carbocycles. The molecule has 5 rings (SSSR count). The summed E-state index contributed by atoms with van der Waals surface area (Å²) in [5, 5.41) is 11.1. The maximum Gasteiger partial charge on any atom is 0.341 e. The Morgan fingerprint density at radius 2 is 2.15 bits per heavy atom. The molecule has 27 heavy (non-hydrogen) atoms. The van der Waals surface area contributed by atoms with Gasteiger partial charge in [0.15, 0.2) is 6.61 Å². The van der Waals surface area contributed by atoms with Crippen molar-refractivity contribution in [2.75, 3.05) is 6.61 Å². The fourth-order valence-corrected chi connectivity index (χ4v) is 8.30. The topological polar surface area (TPSA) is 79.4 Å². The monoisotopic (exact) mass is 423 g/mol. The maximum atomic E-state index is 12.1. The third-order valence-electron chi connectivity index (χ3n) is 6.12. The van der Waals surface area contributed by atoms with E-state index in [1.165, 1.54) is 30.6 Å². The van der Waals surface area contributed by atoms with Crippen molar-refractivity contribution in [3.05, 3.63) is 43.3 Å². The van der Waals surface area contributed by atoms with Crippen LogP contribution >= 0.6 is 34.7 Å². The number of thiazole rings is 1. The number of fused-ring (bicyclic) bond motifs is 6. The van der Waals surface area contributed by atoms with Crippen LogP contribution in [0.2, 0.25) is 5.02 Å². The predicted molar refractivity (Wildman–Crippen MR) is 105 cm³/mol. The first-order valence-corrected chi connectivity index (χ1v) is 11.1. The SMILES string of the molecule is O=C(O)COc1ccc(Cl)cc1[C@@H]1c2sc(=O)[nH]c2S[C@H]2[C@H]3CC[C@@H](C3)[C@@H]12. The minimum Gasteiger partial charge on any atom is -0.482 e. The number of H-pyrrole nitrogens is 1. The number of aromatic nitrogens is 1. The number of hydrogen-bond acceptors (Lipinski definition) is 5. The van der Waals surface area contributed by atoms with Crippen molar-refractivity contribution < 1.29 is 14.6 Å². The molecule has 5 nitrogen and oxygen atoms in total. The Morgan fingerprint density at radius 1 is 1.33 bits per heavy atom. The number of aromatic amines is 1. The molecular formula is C19H18ClNO4S2. The predicted octanol–water partition coefficient (Wildman–Crippen LogP) is 4.21. The van der Waals surface area contributed by atoms with E-state index in [2.05, 4.69) is 4.98 Å². The van der Waals surface area contributed by atoms with Crippen molar-refractivity contribution in [1.82, 2.24) is 4.98 Å². The minimum absolute atomic E-state index is 0.0213. The molecule has 1 aliphatic heterocycles. The molecule has 0 spiro atoms. The Balaban J connectivity index is 1.65. The van der Waals surface area contributed by atoms with Gasteiger partial charge in [0.2, 0.25) is 0 Å². The van der Waals surface area contributed by atoms with Gasteiger partial charge >= 0.3 is 10.8 Å². The molecule has 0 unspecified atom stereocenters. The summed E-state index contributed by atoms with van der Waals surface area (Å²) in [4.78, 5) is 27.1. The molecule has 142 valence electrons. The molecule has 2 bridgehead atoms. The normalized spacial score (nSPS) is 30.8. The zero-order valence-electron chi connectivity index (χ0n) is 14.3. The van der Waals surface area contributed by atoms with Crippen LogP contribution in [0.3, 0.4) is 0 Å². The van der Waals surface area contributed by atoms with Crippen LogP contribution in [0.25, 0.3) is 0 Å². The number of rotatable bonds is 4. The number of carboxylic acids is 1. The van der Waals surface area contributed by atoms with E-state index in [1.807, 2.05) is 17.8 Å². The van der Waals surface area contributed by atoms with Crippen molar-refractivity contribution in [3.63, 3.8) is 0 Å². The van der Waals surface area contributed by atoms with Crippen molar-refractivity contribution in [1.29, 1.82) is 0 Å². The van der Waals surface area contributed by atoms with Gasteiger partial charge in [0.1, 0.15) is 5.75 Å². The Bertz CT molecular complexity index is 971. The lowest BCUT2D eigenvalue weighted by molar-refractivity contribution is -0.139. The molecule has 2 fully saturated rings. The molecule has 2 saturated carbocycles. The van der Waals surface area contributed by atoms with Crippen LogP contribution in [0.5, 0.6) is 5.75 Å². The zero-order chi connectivity index (χ0) is 18.7. The molecule has 1 aromatic heterocycles. The molecule has 0 amide bonds. The van der Waals surface area contributed by atoms with E-state index in [0.29, 0.717) is 33.8 Å². The Morgan fingerprint density at radius 3 is 2.96 bits per heavy atom. The second-order valence-corrected chi connectivity index (χ2v) is 10.2. The lowest BCUT2D eigenvalue weighted by Gasteiger charge is -2.40. The van der Waals surface area contributed by atoms with Crippen molar-refractivity contribution in [3.8, 4) is 5.75 Å². The molecule has 0 radical (unpaired) electrons. The van der Waals surface area contributed by atoms with Gasteiger partial charge in [-0.25, -0.2) is 4.79 Å². The van der Waals surface area contributed by atoms with Crippen LogP contribution in [-0.4, -0.2) is 27.9 Å². The first-order chi connectivity index (χ1) is 13.0. The van der Waals surface area contributed by atoms with Gasteiger partial charge in [-0.05, 0) is 55.2 Å². The first-order valence-electron chi connectivity index (χ1n) is 9.05.